The molecule has 0 spiro atoms. The Bertz CT molecular complexity index is 233. The molecule has 0 atom stereocenters. The molecule has 78 valence electrons. The van der Waals surface area contributed by atoms with Crippen LogP contribution in [-0.4, -0.2) is 43.9 Å². The monoisotopic (exact) mass is 424 g/mol. The van der Waals surface area contributed by atoms with Crippen LogP contribution < -0.4 is 0 Å². The van der Waals surface area contributed by atoms with Gasteiger partial charge in [-0.25, -0.2) is 4.79 Å². The molecule has 0 radical (unpaired) electrons. The Morgan fingerprint density at radius 3 is 1.36 bits per heavy atom. The van der Waals surface area contributed by atoms with Crippen molar-refractivity contribution in [2.45, 2.75) is 18.4 Å². The Morgan fingerprint density at radius 1 is 0.929 bits per heavy atom. The van der Waals surface area contributed by atoms with Gasteiger partial charge in [0.25, 0.3) is 0 Å². The standard InChI is InChI=1S/C6H8O7.Th/c7-3(8)1-6(13,5(11)12)2-4(9)10;/h13H,1-2H2,(H,7,8)(H,9,10)(H,11,12);. The maximum atomic E-state index is 10.3. The van der Waals surface area contributed by atoms with Crippen molar-refractivity contribution >= 4 is 17.9 Å². The van der Waals surface area contributed by atoms with E-state index in [0.717, 1.165) is 0 Å². The maximum absolute atomic E-state index is 10.3. The van der Waals surface area contributed by atoms with Gasteiger partial charge in [-0.3, -0.25) is 9.59 Å². The summed E-state index contributed by atoms with van der Waals surface area (Å²) in [7, 11) is 0. The molecule has 0 bridgehead atoms. The van der Waals surface area contributed by atoms with Crippen LogP contribution in [0.2, 0.25) is 0 Å². The third-order valence-corrected chi connectivity index (χ3v) is 1.29. The van der Waals surface area contributed by atoms with Gasteiger partial charge in [-0.1, -0.05) is 0 Å². The molecule has 0 heterocycles. The Kier molecular flexibility index (Phi) is 7.18. The minimum Gasteiger partial charge on any atom is -0.481 e. The van der Waals surface area contributed by atoms with Gasteiger partial charge in [-0.05, 0) is 0 Å². The second-order valence-corrected chi connectivity index (χ2v) is 2.48. The van der Waals surface area contributed by atoms with Gasteiger partial charge < -0.3 is 20.4 Å². The predicted molar refractivity (Wildman–Crippen MR) is 37.1 cm³/mol. The minimum absolute atomic E-state index is 0. The molecule has 0 aliphatic rings. The van der Waals surface area contributed by atoms with E-state index in [-0.39, 0.29) is 39.9 Å². The van der Waals surface area contributed by atoms with Crippen molar-refractivity contribution in [3.05, 3.63) is 0 Å². The maximum Gasteiger partial charge on any atom is 0.336 e. The van der Waals surface area contributed by atoms with Crippen LogP contribution in [0.25, 0.3) is 0 Å². The number of hydrogen-bond acceptors (Lipinski definition) is 4. The SMILES string of the molecule is O=C(O)CC(O)(CC(=O)O)C(=O)O.[Th]. The first kappa shape index (κ1) is 16.1. The predicted octanol–water partition coefficient (Wildman–Crippen LogP) is -1.25. The van der Waals surface area contributed by atoms with E-state index in [9.17, 15) is 14.4 Å². The summed E-state index contributed by atoms with van der Waals surface area (Å²) in [5.41, 5.74) is -2.74. The van der Waals surface area contributed by atoms with E-state index in [1.165, 1.54) is 0 Å². The second kappa shape index (κ2) is 6.23. The van der Waals surface area contributed by atoms with Gasteiger partial charge in [0.2, 0.25) is 0 Å². The number of aliphatic hydroxyl groups is 1. The summed E-state index contributed by atoms with van der Waals surface area (Å²) in [6, 6.07) is 0. The van der Waals surface area contributed by atoms with Crippen LogP contribution in [0.4, 0.5) is 0 Å². The third kappa shape index (κ3) is 5.43. The van der Waals surface area contributed by atoms with E-state index in [0.29, 0.717) is 0 Å². The molecule has 14 heavy (non-hydrogen) atoms. The largest absolute Gasteiger partial charge is 0.481 e. The zero-order chi connectivity index (χ0) is 10.6. The van der Waals surface area contributed by atoms with E-state index in [1.807, 2.05) is 0 Å². The molecule has 0 aliphatic heterocycles. The number of rotatable bonds is 5. The molecule has 0 fully saturated rings. The van der Waals surface area contributed by atoms with E-state index < -0.39 is 36.4 Å². The fourth-order valence-corrected chi connectivity index (χ4v) is 0.714. The van der Waals surface area contributed by atoms with Crippen LogP contribution in [0.1, 0.15) is 12.8 Å². The zero-order valence-corrected chi connectivity index (χ0v) is 11.0. The molecule has 4 N–H and O–H groups in total. The van der Waals surface area contributed by atoms with Gasteiger partial charge in [0.1, 0.15) is 0 Å². The molecule has 0 amide bonds. The molecular weight excluding hydrogens is 416 g/mol. The Hall–Kier alpha value is -0.305. The summed E-state index contributed by atoms with van der Waals surface area (Å²) in [6.45, 7) is 0. The molecular formula is C6H8O7Th. The molecule has 0 aromatic rings. The Balaban J connectivity index is 0. The average molecular weight is 424 g/mol. The summed E-state index contributed by atoms with van der Waals surface area (Å²) < 4.78 is 0. The van der Waals surface area contributed by atoms with Gasteiger partial charge in [0.15, 0.2) is 5.60 Å². The smallest absolute Gasteiger partial charge is 0.336 e. The van der Waals surface area contributed by atoms with Gasteiger partial charge in [-0.15, -0.1) is 0 Å². The molecule has 0 aromatic carbocycles. The topological polar surface area (TPSA) is 132 Å². The molecule has 0 saturated heterocycles. The van der Waals surface area contributed by atoms with Crippen molar-refractivity contribution < 1.29 is 74.8 Å². The first-order valence-electron chi connectivity index (χ1n) is 3.17. The number of carbonyl (C=O) groups is 3. The van der Waals surface area contributed by atoms with Crippen LogP contribution in [0.3, 0.4) is 0 Å². The quantitative estimate of drug-likeness (QED) is 0.434. The van der Waals surface area contributed by atoms with Crippen molar-refractivity contribution in [3.8, 4) is 0 Å². The molecule has 0 rings (SSSR count). The summed E-state index contributed by atoms with van der Waals surface area (Å²) in [5.74, 6) is -5.02. The molecule has 0 unspecified atom stereocenters. The first-order chi connectivity index (χ1) is 5.78. The van der Waals surface area contributed by atoms with Gasteiger partial charge in [0.05, 0.1) is 12.8 Å². The van der Waals surface area contributed by atoms with Crippen molar-refractivity contribution in [2.75, 3.05) is 0 Å². The molecule has 0 aliphatic carbocycles. The summed E-state index contributed by atoms with van der Waals surface area (Å²) in [6.07, 6.45) is -2.29. The van der Waals surface area contributed by atoms with Crippen LogP contribution in [0, 0.1) is 39.9 Å². The fourth-order valence-electron chi connectivity index (χ4n) is 0.714. The number of hydrogen-bond donors (Lipinski definition) is 4. The van der Waals surface area contributed by atoms with Crippen LogP contribution in [-0.2, 0) is 14.4 Å². The third-order valence-electron chi connectivity index (χ3n) is 1.29. The zero-order valence-electron chi connectivity index (χ0n) is 6.93. The molecule has 8 heteroatoms. The Labute approximate surface area is 110 Å². The Morgan fingerprint density at radius 2 is 1.21 bits per heavy atom. The number of carboxylic acids is 3. The van der Waals surface area contributed by atoms with Gasteiger partial charge in [-0.2, -0.15) is 0 Å². The molecule has 0 aromatic heterocycles. The van der Waals surface area contributed by atoms with E-state index >= 15 is 0 Å². The van der Waals surface area contributed by atoms with Gasteiger partial charge >= 0.3 is 17.9 Å². The van der Waals surface area contributed by atoms with Crippen LogP contribution in [0.5, 0.6) is 0 Å². The van der Waals surface area contributed by atoms with Crippen molar-refractivity contribution in [1.29, 1.82) is 0 Å². The van der Waals surface area contributed by atoms with Crippen LogP contribution >= 0.6 is 0 Å². The second-order valence-electron chi connectivity index (χ2n) is 2.48. The van der Waals surface area contributed by atoms with Crippen molar-refractivity contribution in [2.24, 2.45) is 0 Å². The normalized spacial score (nSPS) is 10.1. The minimum atomic E-state index is -2.74. The van der Waals surface area contributed by atoms with Crippen LogP contribution in [0.15, 0.2) is 0 Å². The number of carboxylic acid groups (broad SMARTS) is 3. The summed E-state index contributed by atoms with van der Waals surface area (Å²) >= 11 is 0. The number of aliphatic carboxylic acids is 3. The van der Waals surface area contributed by atoms with Crippen molar-refractivity contribution in [3.63, 3.8) is 0 Å². The van der Waals surface area contributed by atoms with Gasteiger partial charge in [0, 0.05) is 39.9 Å². The van der Waals surface area contributed by atoms with E-state index in [2.05, 4.69) is 0 Å². The summed E-state index contributed by atoms with van der Waals surface area (Å²) in [5, 5.41) is 33.8. The average Bonchev–Trinajstić information content (AvgIpc) is 1.82. The first-order valence-corrected chi connectivity index (χ1v) is 3.17. The summed E-state index contributed by atoms with van der Waals surface area (Å²) in [4.78, 5) is 30.5. The van der Waals surface area contributed by atoms with E-state index in [4.69, 9.17) is 20.4 Å². The van der Waals surface area contributed by atoms with Crippen molar-refractivity contribution in [1.82, 2.24) is 0 Å². The van der Waals surface area contributed by atoms with E-state index in [1.54, 1.807) is 0 Å². The molecule has 0 saturated carbocycles. The fraction of sp³-hybridized carbons (Fsp3) is 0.500. The molecule has 7 nitrogen and oxygen atoms in total.